The molecule has 1 fully saturated rings. The highest BCUT2D eigenvalue weighted by molar-refractivity contribution is 6.04. The Hall–Kier alpha value is -2.82. The van der Waals surface area contributed by atoms with Crippen molar-refractivity contribution in [2.75, 3.05) is 31.1 Å². The second-order valence-corrected chi connectivity index (χ2v) is 6.35. The first-order valence-corrected chi connectivity index (χ1v) is 8.68. The Kier molecular flexibility index (Phi) is 4.37. The summed E-state index contributed by atoms with van der Waals surface area (Å²) in [6.45, 7) is 3.12. The van der Waals surface area contributed by atoms with Gasteiger partial charge in [-0.1, -0.05) is 53.7 Å². The first kappa shape index (κ1) is 15.7. The van der Waals surface area contributed by atoms with Crippen molar-refractivity contribution < 1.29 is 9.63 Å². The normalized spacial score (nSPS) is 20.2. The average molecular weight is 335 g/mol. The Labute approximate surface area is 147 Å². The van der Waals surface area contributed by atoms with E-state index in [4.69, 9.17) is 4.84 Å². The molecule has 4 rings (SSSR count). The second-order valence-electron chi connectivity index (χ2n) is 6.35. The van der Waals surface area contributed by atoms with Crippen molar-refractivity contribution in [3.8, 4) is 0 Å². The summed E-state index contributed by atoms with van der Waals surface area (Å²) < 4.78 is 0. The lowest BCUT2D eigenvalue weighted by Crippen LogP contribution is -2.51. The van der Waals surface area contributed by atoms with Crippen LogP contribution in [0, 0.1) is 0 Å². The zero-order valence-electron chi connectivity index (χ0n) is 14.0. The summed E-state index contributed by atoms with van der Waals surface area (Å²) in [4.78, 5) is 22.4. The van der Waals surface area contributed by atoms with E-state index in [-0.39, 0.29) is 5.91 Å². The number of carbonyl (C=O) groups is 1. The van der Waals surface area contributed by atoms with E-state index < -0.39 is 6.10 Å². The molecule has 1 amide bonds. The number of hydrogen-bond acceptors (Lipinski definition) is 4. The van der Waals surface area contributed by atoms with Gasteiger partial charge in [0, 0.05) is 38.3 Å². The number of para-hydroxylation sites is 1. The standard InChI is InChI=1S/C20H21N3O2/c24-20(19-15-18(21-25-19)16-7-3-1-4-8-16)23-13-11-22(12-14-23)17-9-5-2-6-10-17/h1-10,19H,11-15H2. The molecular formula is C20H21N3O2. The Morgan fingerprint density at radius 1 is 0.920 bits per heavy atom. The van der Waals surface area contributed by atoms with Gasteiger partial charge in [0.1, 0.15) is 0 Å². The summed E-state index contributed by atoms with van der Waals surface area (Å²) in [5, 5.41) is 4.12. The Bertz CT molecular complexity index is 753. The summed E-state index contributed by atoms with van der Waals surface area (Å²) >= 11 is 0. The van der Waals surface area contributed by atoms with Crippen molar-refractivity contribution in [1.82, 2.24) is 4.90 Å². The molecule has 0 N–H and O–H groups in total. The Balaban J connectivity index is 1.33. The van der Waals surface area contributed by atoms with Crippen LogP contribution in [0.3, 0.4) is 0 Å². The van der Waals surface area contributed by atoms with Crippen LogP contribution in [-0.2, 0) is 9.63 Å². The first-order chi connectivity index (χ1) is 12.3. The van der Waals surface area contributed by atoms with Gasteiger partial charge in [0.05, 0.1) is 5.71 Å². The van der Waals surface area contributed by atoms with E-state index in [1.807, 2.05) is 53.4 Å². The zero-order valence-corrected chi connectivity index (χ0v) is 14.0. The maximum atomic E-state index is 12.7. The lowest BCUT2D eigenvalue weighted by molar-refractivity contribution is -0.142. The van der Waals surface area contributed by atoms with Crippen LogP contribution < -0.4 is 4.90 Å². The van der Waals surface area contributed by atoms with Crippen molar-refractivity contribution in [2.24, 2.45) is 5.16 Å². The van der Waals surface area contributed by atoms with Gasteiger partial charge in [-0.3, -0.25) is 4.79 Å². The molecule has 1 saturated heterocycles. The van der Waals surface area contributed by atoms with E-state index in [0.29, 0.717) is 19.5 Å². The van der Waals surface area contributed by atoms with Crippen molar-refractivity contribution in [3.05, 3.63) is 66.2 Å². The predicted octanol–water partition coefficient (Wildman–Crippen LogP) is 2.53. The number of amides is 1. The fraction of sp³-hybridized carbons (Fsp3) is 0.300. The molecule has 2 aliphatic rings. The van der Waals surface area contributed by atoms with Crippen LogP contribution in [0.2, 0.25) is 0 Å². The van der Waals surface area contributed by atoms with E-state index in [2.05, 4.69) is 22.2 Å². The van der Waals surface area contributed by atoms with Gasteiger partial charge in [0.2, 0.25) is 6.10 Å². The van der Waals surface area contributed by atoms with Gasteiger partial charge in [0.25, 0.3) is 5.91 Å². The molecule has 2 heterocycles. The van der Waals surface area contributed by atoms with E-state index >= 15 is 0 Å². The van der Waals surface area contributed by atoms with Gasteiger partial charge in [-0.15, -0.1) is 0 Å². The van der Waals surface area contributed by atoms with Gasteiger partial charge in [-0.05, 0) is 17.7 Å². The van der Waals surface area contributed by atoms with Crippen LogP contribution in [0.1, 0.15) is 12.0 Å². The van der Waals surface area contributed by atoms with E-state index in [9.17, 15) is 4.79 Å². The monoisotopic (exact) mass is 335 g/mol. The van der Waals surface area contributed by atoms with Gasteiger partial charge < -0.3 is 14.6 Å². The van der Waals surface area contributed by atoms with Crippen LogP contribution in [0.25, 0.3) is 0 Å². The van der Waals surface area contributed by atoms with Gasteiger partial charge in [-0.25, -0.2) is 0 Å². The minimum Gasteiger partial charge on any atom is -0.382 e. The average Bonchev–Trinajstić information content (AvgIpc) is 3.19. The Morgan fingerprint density at radius 3 is 2.24 bits per heavy atom. The maximum Gasteiger partial charge on any atom is 0.267 e. The highest BCUT2D eigenvalue weighted by Gasteiger charge is 2.33. The van der Waals surface area contributed by atoms with Crippen LogP contribution in [0.4, 0.5) is 5.69 Å². The summed E-state index contributed by atoms with van der Waals surface area (Å²) in [5.74, 6) is 0.0439. The topological polar surface area (TPSA) is 45.1 Å². The quantitative estimate of drug-likeness (QED) is 0.866. The zero-order chi connectivity index (χ0) is 17.1. The van der Waals surface area contributed by atoms with Gasteiger partial charge in [-0.2, -0.15) is 0 Å². The predicted molar refractivity (Wildman–Crippen MR) is 97.7 cm³/mol. The minimum absolute atomic E-state index is 0.0439. The number of hydrogen-bond donors (Lipinski definition) is 0. The fourth-order valence-corrected chi connectivity index (χ4v) is 3.34. The van der Waals surface area contributed by atoms with Crippen molar-refractivity contribution in [1.29, 1.82) is 0 Å². The molecule has 0 aromatic heterocycles. The number of carbonyl (C=O) groups excluding carboxylic acids is 1. The molecule has 128 valence electrons. The highest BCUT2D eigenvalue weighted by atomic mass is 16.6. The van der Waals surface area contributed by atoms with Crippen LogP contribution in [-0.4, -0.2) is 48.8 Å². The molecule has 1 atom stereocenters. The van der Waals surface area contributed by atoms with Crippen LogP contribution in [0.15, 0.2) is 65.8 Å². The lowest BCUT2D eigenvalue weighted by atomic mass is 10.0. The summed E-state index contributed by atoms with van der Waals surface area (Å²) in [6.07, 6.45) is 0.0559. The smallest absolute Gasteiger partial charge is 0.267 e. The summed E-state index contributed by atoms with van der Waals surface area (Å²) in [5.41, 5.74) is 3.08. The molecule has 2 aromatic carbocycles. The SMILES string of the molecule is O=C(C1CC(c2ccccc2)=NO1)N1CCN(c2ccccc2)CC1. The van der Waals surface area contributed by atoms with E-state index in [1.54, 1.807) is 0 Å². The Morgan fingerprint density at radius 2 is 1.56 bits per heavy atom. The van der Waals surface area contributed by atoms with Crippen molar-refractivity contribution in [2.45, 2.75) is 12.5 Å². The van der Waals surface area contributed by atoms with Gasteiger partial charge in [0.15, 0.2) is 0 Å². The van der Waals surface area contributed by atoms with Crippen molar-refractivity contribution >= 4 is 17.3 Å². The minimum atomic E-state index is -0.488. The van der Waals surface area contributed by atoms with Crippen LogP contribution >= 0.6 is 0 Å². The molecule has 0 bridgehead atoms. The van der Waals surface area contributed by atoms with Gasteiger partial charge >= 0.3 is 0 Å². The lowest BCUT2D eigenvalue weighted by Gasteiger charge is -2.36. The fourth-order valence-electron chi connectivity index (χ4n) is 3.34. The molecule has 0 aliphatic carbocycles. The molecule has 0 radical (unpaired) electrons. The number of rotatable bonds is 3. The number of anilines is 1. The highest BCUT2D eigenvalue weighted by Crippen LogP contribution is 2.20. The molecule has 0 spiro atoms. The first-order valence-electron chi connectivity index (χ1n) is 8.68. The number of nitrogens with zero attached hydrogens (tertiary/aromatic N) is 3. The molecule has 2 aromatic rings. The molecule has 5 heteroatoms. The van der Waals surface area contributed by atoms with E-state index in [1.165, 1.54) is 5.69 Å². The second kappa shape index (κ2) is 6.97. The molecule has 0 saturated carbocycles. The number of oxime groups is 1. The summed E-state index contributed by atoms with van der Waals surface area (Å²) in [6, 6.07) is 20.2. The molecule has 2 aliphatic heterocycles. The third-order valence-corrected chi connectivity index (χ3v) is 4.76. The third-order valence-electron chi connectivity index (χ3n) is 4.76. The molecule has 1 unspecified atom stereocenters. The molecule has 5 nitrogen and oxygen atoms in total. The maximum absolute atomic E-state index is 12.7. The van der Waals surface area contributed by atoms with E-state index in [0.717, 1.165) is 24.4 Å². The largest absolute Gasteiger partial charge is 0.382 e. The third kappa shape index (κ3) is 3.36. The number of benzene rings is 2. The summed E-state index contributed by atoms with van der Waals surface area (Å²) in [7, 11) is 0. The van der Waals surface area contributed by atoms with Crippen LogP contribution in [0.5, 0.6) is 0 Å². The van der Waals surface area contributed by atoms with Crippen molar-refractivity contribution in [3.63, 3.8) is 0 Å². The molecular weight excluding hydrogens is 314 g/mol. The number of piperazine rings is 1. The molecule has 25 heavy (non-hydrogen) atoms.